The summed E-state index contributed by atoms with van der Waals surface area (Å²) in [5, 5.41) is 6.78. The highest BCUT2D eigenvalue weighted by molar-refractivity contribution is 5.84. The number of ether oxygens (including phenoxy) is 1. The van der Waals surface area contributed by atoms with Crippen LogP contribution in [0.3, 0.4) is 0 Å². The molecule has 0 aromatic carbocycles. The molecule has 0 bridgehead atoms. The van der Waals surface area contributed by atoms with Crippen molar-refractivity contribution >= 4 is 5.91 Å². The van der Waals surface area contributed by atoms with Gasteiger partial charge < -0.3 is 9.64 Å². The Hall–Kier alpha value is -1.68. The van der Waals surface area contributed by atoms with Crippen molar-refractivity contribution in [2.75, 3.05) is 32.8 Å². The molecule has 1 N–H and O–H groups in total. The molecule has 0 aliphatic carbocycles. The Labute approximate surface area is 130 Å². The number of aromatic amines is 1. The number of H-pyrrole nitrogens is 1. The summed E-state index contributed by atoms with van der Waals surface area (Å²) < 4.78 is 43.1. The van der Waals surface area contributed by atoms with Crippen molar-refractivity contribution in [1.82, 2.24) is 25.0 Å². The minimum Gasteiger partial charge on any atom is -0.367 e. The number of alkyl halides is 3. The molecule has 1 amide bonds. The van der Waals surface area contributed by atoms with Crippen LogP contribution in [0.5, 0.6) is 0 Å². The number of carbonyl (C=O) groups is 1. The van der Waals surface area contributed by atoms with E-state index in [1.165, 1.54) is 0 Å². The highest BCUT2D eigenvalue weighted by Gasteiger charge is 2.42. The second kappa shape index (κ2) is 6.08. The van der Waals surface area contributed by atoms with Crippen molar-refractivity contribution in [3.63, 3.8) is 0 Å². The van der Waals surface area contributed by atoms with Gasteiger partial charge in [0.05, 0.1) is 12.6 Å². The van der Waals surface area contributed by atoms with E-state index in [9.17, 15) is 18.0 Å². The second-order valence-electron chi connectivity index (χ2n) is 5.81. The van der Waals surface area contributed by atoms with Crippen LogP contribution in [0.15, 0.2) is 0 Å². The topological polar surface area (TPSA) is 74.3 Å². The van der Waals surface area contributed by atoms with Gasteiger partial charge in [-0.3, -0.25) is 14.8 Å². The van der Waals surface area contributed by atoms with Crippen LogP contribution in [0.2, 0.25) is 0 Å². The maximum absolute atomic E-state index is 12.5. The van der Waals surface area contributed by atoms with Crippen molar-refractivity contribution < 1.29 is 22.7 Å². The van der Waals surface area contributed by atoms with Crippen LogP contribution in [-0.4, -0.2) is 75.9 Å². The molecular formula is C13H18F3N5O2. The quantitative estimate of drug-likeness (QED) is 0.879. The first-order chi connectivity index (χ1) is 10.8. The Morgan fingerprint density at radius 1 is 1.39 bits per heavy atom. The Bertz CT molecular complexity index is 576. The van der Waals surface area contributed by atoms with Crippen molar-refractivity contribution in [1.29, 1.82) is 0 Å². The monoisotopic (exact) mass is 333 g/mol. The van der Waals surface area contributed by atoms with E-state index < -0.39 is 24.7 Å². The van der Waals surface area contributed by atoms with Crippen LogP contribution in [0.25, 0.3) is 0 Å². The molecule has 3 rings (SSSR count). The Balaban J connectivity index is 1.64. The summed E-state index contributed by atoms with van der Waals surface area (Å²) in [6, 6.07) is -0.524. The van der Waals surface area contributed by atoms with Crippen LogP contribution >= 0.6 is 0 Å². The zero-order valence-electron chi connectivity index (χ0n) is 12.6. The van der Waals surface area contributed by atoms with E-state index in [2.05, 4.69) is 15.2 Å². The third kappa shape index (κ3) is 3.63. The van der Waals surface area contributed by atoms with Gasteiger partial charge >= 0.3 is 6.18 Å². The van der Waals surface area contributed by atoms with Crippen LogP contribution in [-0.2, 0) is 9.53 Å². The molecule has 2 atom stereocenters. The zero-order valence-corrected chi connectivity index (χ0v) is 12.6. The third-order valence-corrected chi connectivity index (χ3v) is 4.08. The molecule has 0 saturated carbocycles. The third-order valence-electron chi connectivity index (χ3n) is 4.08. The first-order valence-corrected chi connectivity index (χ1v) is 7.43. The van der Waals surface area contributed by atoms with Gasteiger partial charge in [-0.2, -0.15) is 18.3 Å². The van der Waals surface area contributed by atoms with E-state index in [-0.39, 0.29) is 12.6 Å². The summed E-state index contributed by atoms with van der Waals surface area (Å²) in [5.74, 6) is 0.702. The van der Waals surface area contributed by atoms with E-state index in [1.807, 2.05) is 4.90 Å². The molecule has 2 saturated heterocycles. The average molecular weight is 333 g/mol. The van der Waals surface area contributed by atoms with Gasteiger partial charge in [-0.05, 0) is 13.3 Å². The van der Waals surface area contributed by atoms with Gasteiger partial charge in [-0.1, -0.05) is 0 Å². The molecule has 1 aromatic rings. The molecule has 2 unspecified atom stereocenters. The van der Waals surface area contributed by atoms with E-state index in [1.54, 1.807) is 6.92 Å². The van der Waals surface area contributed by atoms with Crippen molar-refractivity contribution in [2.45, 2.75) is 31.7 Å². The summed E-state index contributed by atoms with van der Waals surface area (Å²) in [6.45, 7) is 2.01. The predicted octanol–water partition coefficient (Wildman–Crippen LogP) is 0.650. The highest BCUT2D eigenvalue weighted by atomic mass is 19.4. The lowest BCUT2D eigenvalue weighted by Crippen LogP contribution is -2.49. The van der Waals surface area contributed by atoms with Crippen molar-refractivity contribution in [3.05, 3.63) is 11.6 Å². The molecule has 128 valence electrons. The number of nitrogens with zero attached hydrogens (tertiary/aromatic N) is 4. The predicted molar refractivity (Wildman–Crippen MR) is 72.4 cm³/mol. The second-order valence-corrected chi connectivity index (χ2v) is 5.81. The molecular weight excluding hydrogens is 315 g/mol. The van der Waals surface area contributed by atoms with Gasteiger partial charge in [0, 0.05) is 19.6 Å². The maximum Gasteiger partial charge on any atom is 0.406 e. The summed E-state index contributed by atoms with van der Waals surface area (Å²) >= 11 is 0. The fourth-order valence-electron chi connectivity index (χ4n) is 3.05. The van der Waals surface area contributed by atoms with Gasteiger partial charge in [0.15, 0.2) is 5.82 Å². The molecule has 7 nitrogen and oxygen atoms in total. The normalized spacial score (nSPS) is 27.0. The lowest BCUT2D eigenvalue weighted by Gasteiger charge is -2.34. The van der Waals surface area contributed by atoms with E-state index in [0.717, 1.165) is 4.90 Å². The smallest absolute Gasteiger partial charge is 0.367 e. The SMILES string of the molecule is Cc1nc(C2CN(C3CCN(CC(F)(F)F)C3=O)CCO2)n[nH]1. The van der Waals surface area contributed by atoms with Crippen LogP contribution < -0.4 is 0 Å². The highest BCUT2D eigenvalue weighted by Crippen LogP contribution is 2.27. The summed E-state index contributed by atoms with van der Waals surface area (Å²) in [5.41, 5.74) is 0. The summed E-state index contributed by atoms with van der Waals surface area (Å²) in [6.07, 6.45) is -4.35. The molecule has 0 spiro atoms. The molecule has 2 aliphatic rings. The molecule has 2 aliphatic heterocycles. The lowest BCUT2D eigenvalue weighted by atomic mass is 10.1. The molecule has 2 fully saturated rings. The standard InChI is InChI=1S/C13H18F3N5O2/c1-8-17-11(19-18-8)10-6-20(4-5-23-10)9-2-3-21(12(9)22)7-13(14,15)16/h9-10H,2-7H2,1H3,(H,17,18,19). The number of amides is 1. The van der Waals surface area contributed by atoms with Gasteiger partial charge in [-0.15, -0.1) is 0 Å². The lowest BCUT2D eigenvalue weighted by molar-refractivity contribution is -0.160. The number of aryl methyl sites for hydroxylation is 1. The van der Waals surface area contributed by atoms with Gasteiger partial charge in [-0.25, -0.2) is 4.98 Å². The number of morpholine rings is 1. The largest absolute Gasteiger partial charge is 0.406 e. The molecule has 0 radical (unpaired) electrons. The Morgan fingerprint density at radius 2 is 2.17 bits per heavy atom. The number of nitrogens with one attached hydrogen (secondary N) is 1. The number of halogens is 3. The first kappa shape index (κ1) is 16.2. The fourth-order valence-corrected chi connectivity index (χ4v) is 3.05. The Kier molecular flexibility index (Phi) is 4.28. The van der Waals surface area contributed by atoms with Gasteiger partial charge in [0.1, 0.15) is 18.5 Å². The van der Waals surface area contributed by atoms with Gasteiger partial charge in [0.25, 0.3) is 0 Å². The zero-order chi connectivity index (χ0) is 16.6. The minimum atomic E-state index is -4.37. The molecule has 1 aromatic heterocycles. The maximum atomic E-state index is 12.5. The van der Waals surface area contributed by atoms with Crippen LogP contribution in [0.4, 0.5) is 13.2 Å². The number of carbonyl (C=O) groups excluding carboxylic acids is 1. The molecule has 3 heterocycles. The van der Waals surface area contributed by atoms with Crippen LogP contribution in [0, 0.1) is 6.92 Å². The van der Waals surface area contributed by atoms with E-state index >= 15 is 0 Å². The summed E-state index contributed by atoms with van der Waals surface area (Å²) in [7, 11) is 0. The molecule has 10 heteroatoms. The summed E-state index contributed by atoms with van der Waals surface area (Å²) in [4.78, 5) is 19.2. The number of hydrogen-bond acceptors (Lipinski definition) is 5. The van der Waals surface area contributed by atoms with E-state index in [4.69, 9.17) is 4.74 Å². The first-order valence-electron chi connectivity index (χ1n) is 7.43. The van der Waals surface area contributed by atoms with Crippen molar-refractivity contribution in [2.24, 2.45) is 0 Å². The fraction of sp³-hybridized carbons (Fsp3) is 0.769. The number of likely N-dealkylation sites (tertiary alicyclic amines) is 1. The van der Waals surface area contributed by atoms with Gasteiger partial charge in [0.2, 0.25) is 5.91 Å². The molecule has 23 heavy (non-hydrogen) atoms. The minimum absolute atomic E-state index is 0.130. The van der Waals surface area contributed by atoms with E-state index in [0.29, 0.717) is 37.8 Å². The Morgan fingerprint density at radius 3 is 2.83 bits per heavy atom. The number of rotatable bonds is 3. The number of hydrogen-bond donors (Lipinski definition) is 1. The average Bonchev–Trinajstić information content (AvgIpc) is 3.05. The van der Waals surface area contributed by atoms with Crippen molar-refractivity contribution in [3.8, 4) is 0 Å². The number of aromatic nitrogens is 3. The van der Waals surface area contributed by atoms with Crippen LogP contribution in [0.1, 0.15) is 24.2 Å².